The quantitative estimate of drug-likeness (QED) is 0.824. The highest BCUT2D eigenvalue weighted by molar-refractivity contribution is 5.04. The predicted molar refractivity (Wildman–Crippen MR) is 81.6 cm³/mol. The third-order valence-corrected chi connectivity index (χ3v) is 4.83. The third-order valence-electron chi connectivity index (χ3n) is 4.83. The predicted octanol–water partition coefficient (Wildman–Crippen LogP) is 2.21. The molecule has 3 aliphatic heterocycles. The molecule has 2 bridgehead atoms. The standard InChI is InChI=1S/C16H28N4/c1-3-7-19-11-14-5-6-16(19)13-18(9-14)10-15-8-17-20(4-2)12-15/h8,12,14,16H,3-7,9-11,13H2,1-2H3/t14-,16+/m0/s1. The van der Waals surface area contributed by atoms with Crippen LogP contribution in [-0.2, 0) is 13.1 Å². The second-order valence-corrected chi connectivity index (χ2v) is 6.49. The molecule has 20 heavy (non-hydrogen) atoms. The summed E-state index contributed by atoms with van der Waals surface area (Å²) in [6.45, 7) is 11.6. The van der Waals surface area contributed by atoms with E-state index in [1.54, 1.807) is 0 Å². The molecule has 0 radical (unpaired) electrons. The monoisotopic (exact) mass is 276 g/mol. The van der Waals surface area contributed by atoms with Gasteiger partial charge in [0.15, 0.2) is 0 Å². The summed E-state index contributed by atoms with van der Waals surface area (Å²) in [6.07, 6.45) is 8.36. The number of hydrogen-bond acceptors (Lipinski definition) is 3. The lowest BCUT2D eigenvalue weighted by Gasteiger charge is -2.35. The van der Waals surface area contributed by atoms with Gasteiger partial charge >= 0.3 is 0 Å². The second kappa shape index (κ2) is 6.27. The lowest BCUT2D eigenvalue weighted by atomic mass is 9.95. The van der Waals surface area contributed by atoms with Crippen molar-refractivity contribution in [3.63, 3.8) is 0 Å². The van der Waals surface area contributed by atoms with Crippen molar-refractivity contribution in [2.24, 2.45) is 5.92 Å². The number of aryl methyl sites for hydroxylation is 1. The van der Waals surface area contributed by atoms with E-state index >= 15 is 0 Å². The van der Waals surface area contributed by atoms with Gasteiger partial charge in [0.05, 0.1) is 6.20 Å². The van der Waals surface area contributed by atoms with E-state index in [0.29, 0.717) is 0 Å². The van der Waals surface area contributed by atoms with Crippen LogP contribution in [0.4, 0.5) is 0 Å². The summed E-state index contributed by atoms with van der Waals surface area (Å²) in [6, 6.07) is 0.787. The molecule has 3 saturated heterocycles. The number of hydrogen-bond donors (Lipinski definition) is 0. The van der Waals surface area contributed by atoms with Crippen LogP contribution < -0.4 is 0 Å². The average molecular weight is 276 g/mol. The molecule has 3 aliphatic rings. The Hall–Kier alpha value is -0.870. The SMILES string of the molecule is CCCN1C[C@H]2CC[C@@H]1CN(Cc1cnn(CC)c1)C2. The van der Waals surface area contributed by atoms with Gasteiger partial charge in [-0.25, -0.2) is 0 Å². The molecule has 3 fully saturated rings. The Bertz CT molecular complexity index is 428. The van der Waals surface area contributed by atoms with Crippen molar-refractivity contribution in [3.05, 3.63) is 18.0 Å². The Morgan fingerprint density at radius 1 is 1.20 bits per heavy atom. The molecule has 4 nitrogen and oxygen atoms in total. The first-order valence-corrected chi connectivity index (χ1v) is 8.26. The molecule has 0 saturated carbocycles. The summed E-state index contributed by atoms with van der Waals surface area (Å²) in [4.78, 5) is 5.40. The average Bonchev–Trinajstić information content (AvgIpc) is 2.72. The normalized spacial score (nSPS) is 27.9. The van der Waals surface area contributed by atoms with Crippen LogP contribution in [0.25, 0.3) is 0 Å². The van der Waals surface area contributed by atoms with Crippen LogP contribution >= 0.6 is 0 Å². The van der Waals surface area contributed by atoms with E-state index < -0.39 is 0 Å². The van der Waals surface area contributed by atoms with Gasteiger partial charge in [0.1, 0.15) is 0 Å². The largest absolute Gasteiger partial charge is 0.299 e. The molecule has 0 amide bonds. The first-order chi connectivity index (χ1) is 9.78. The van der Waals surface area contributed by atoms with Crippen LogP contribution in [-0.4, -0.2) is 51.8 Å². The molecule has 0 unspecified atom stereocenters. The van der Waals surface area contributed by atoms with Crippen molar-refractivity contribution < 1.29 is 0 Å². The molecular formula is C16H28N4. The zero-order chi connectivity index (χ0) is 13.9. The lowest BCUT2D eigenvalue weighted by molar-refractivity contribution is 0.131. The van der Waals surface area contributed by atoms with Gasteiger partial charge in [-0.2, -0.15) is 5.10 Å². The van der Waals surface area contributed by atoms with E-state index in [0.717, 1.165) is 25.0 Å². The Balaban J connectivity index is 1.64. The van der Waals surface area contributed by atoms with E-state index in [-0.39, 0.29) is 0 Å². The van der Waals surface area contributed by atoms with Gasteiger partial charge in [0.2, 0.25) is 0 Å². The summed E-state index contributed by atoms with van der Waals surface area (Å²) < 4.78 is 2.03. The molecular weight excluding hydrogens is 248 g/mol. The Kier molecular flexibility index (Phi) is 4.41. The summed E-state index contributed by atoms with van der Waals surface area (Å²) in [5, 5.41) is 4.40. The fraction of sp³-hybridized carbons (Fsp3) is 0.812. The van der Waals surface area contributed by atoms with Crippen molar-refractivity contribution in [1.82, 2.24) is 19.6 Å². The third kappa shape index (κ3) is 3.07. The highest BCUT2D eigenvalue weighted by atomic mass is 15.3. The van der Waals surface area contributed by atoms with E-state index in [1.165, 1.54) is 51.0 Å². The summed E-state index contributed by atoms with van der Waals surface area (Å²) >= 11 is 0. The smallest absolute Gasteiger partial charge is 0.0534 e. The summed E-state index contributed by atoms with van der Waals surface area (Å²) in [5.41, 5.74) is 1.37. The fourth-order valence-corrected chi connectivity index (χ4v) is 3.89. The Labute approximate surface area is 122 Å². The van der Waals surface area contributed by atoms with Gasteiger partial charge in [0.25, 0.3) is 0 Å². The van der Waals surface area contributed by atoms with Gasteiger partial charge in [-0.15, -0.1) is 0 Å². The van der Waals surface area contributed by atoms with Gasteiger partial charge in [-0.1, -0.05) is 6.92 Å². The maximum Gasteiger partial charge on any atom is 0.0534 e. The minimum absolute atomic E-state index is 0.787. The van der Waals surface area contributed by atoms with Crippen LogP contribution in [0.2, 0.25) is 0 Å². The number of piperidine rings is 1. The van der Waals surface area contributed by atoms with Crippen LogP contribution in [0.1, 0.15) is 38.7 Å². The first-order valence-electron chi connectivity index (χ1n) is 8.26. The van der Waals surface area contributed by atoms with E-state index in [2.05, 4.69) is 34.9 Å². The van der Waals surface area contributed by atoms with Crippen molar-refractivity contribution in [1.29, 1.82) is 0 Å². The van der Waals surface area contributed by atoms with Crippen LogP contribution in [0, 0.1) is 5.92 Å². The molecule has 0 spiro atoms. The van der Waals surface area contributed by atoms with Crippen LogP contribution in [0.3, 0.4) is 0 Å². The minimum atomic E-state index is 0.787. The fourth-order valence-electron chi connectivity index (χ4n) is 3.89. The number of aromatic nitrogens is 2. The molecule has 0 aromatic carbocycles. The van der Waals surface area contributed by atoms with Crippen LogP contribution in [0.15, 0.2) is 12.4 Å². The van der Waals surface area contributed by atoms with Crippen molar-refractivity contribution >= 4 is 0 Å². The minimum Gasteiger partial charge on any atom is -0.299 e. The molecule has 4 heterocycles. The van der Waals surface area contributed by atoms with Gasteiger partial charge < -0.3 is 0 Å². The maximum absolute atomic E-state index is 4.40. The van der Waals surface area contributed by atoms with Gasteiger partial charge in [-0.3, -0.25) is 14.5 Å². The molecule has 1 aromatic heterocycles. The van der Waals surface area contributed by atoms with E-state index in [4.69, 9.17) is 0 Å². The second-order valence-electron chi connectivity index (χ2n) is 6.49. The molecule has 4 heteroatoms. The number of rotatable bonds is 5. The summed E-state index contributed by atoms with van der Waals surface area (Å²) in [7, 11) is 0. The molecule has 1 aromatic rings. The Morgan fingerprint density at radius 2 is 2.10 bits per heavy atom. The van der Waals surface area contributed by atoms with E-state index in [9.17, 15) is 0 Å². The lowest BCUT2D eigenvalue weighted by Crippen LogP contribution is -2.44. The van der Waals surface area contributed by atoms with E-state index in [1.807, 2.05) is 10.9 Å². The number of fused-ring (bicyclic) bond motifs is 4. The van der Waals surface area contributed by atoms with Gasteiger partial charge in [0, 0.05) is 50.5 Å². The topological polar surface area (TPSA) is 24.3 Å². The molecule has 0 aliphatic carbocycles. The Morgan fingerprint density at radius 3 is 2.85 bits per heavy atom. The first kappa shape index (κ1) is 14.1. The molecule has 4 rings (SSSR count). The molecule has 112 valence electrons. The maximum atomic E-state index is 4.40. The van der Waals surface area contributed by atoms with Crippen molar-refractivity contribution in [2.45, 2.75) is 52.2 Å². The highest BCUT2D eigenvalue weighted by Gasteiger charge is 2.34. The van der Waals surface area contributed by atoms with Crippen molar-refractivity contribution in [2.75, 3.05) is 26.2 Å². The molecule has 0 N–H and O–H groups in total. The molecule has 2 atom stereocenters. The zero-order valence-electron chi connectivity index (χ0n) is 13.0. The zero-order valence-corrected chi connectivity index (χ0v) is 13.0. The summed E-state index contributed by atoms with van der Waals surface area (Å²) in [5.74, 6) is 0.876. The highest BCUT2D eigenvalue weighted by Crippen LogP contribution is 2.28. The number of nitrogens with zero attached hydrogens (tertiary/aromatic N) is 4. The van der Waals surface area contributed by atoms with Crippen LogP contribution in [0.5, 0.6) is 0 Å². The van der Waals surface area contributed by atoms with Gasteiger partial charge in [-0.05, 0) is 38.6 Å². The van der Waals surface area contributed by atoms with Crippen molar-refractivity contribution in [3.8, 4) is 0 Å².